The lowest BCUT2D eigenvalue weighted by Crippen LogP contribution is -2.57. The lowest BCUT2D eigenvalue weighted by Gasteiger charge is -2.33. The molecular formula is C69H97N13O16S2. The Morgan fingerprint density at radius 2 is 1.19 bits per heavy atom. The van der Waals surface area contributed by atoms with Gasteiger partial charge in [-0.3, -0.25) is 77.1 Å². The molecule has 6 rings (SSSR count). The fourth-order valence-corrected chi connectivity index (χ4v) is 14.5. The number of aromatic amines is 1. The van der Waals surface area contributed by atoms with Crippen molar-refractivity contribution in [1.82, 2.24) is 51.2 Å². The van der Waals surface area contributed by atoms with E-state index in [4.69, 9.17) is 17.2 Å². The molecule has 10 atom stereocenters. The molecule has 100 heavy (non-hydrogen) atoms. The zero-order valence-corrected chi connectivity index (χ0v) is 58.5. The first-order valence-corrected chi connectivity index (χ1v) is 36.1. The summed E-state index contributed by atoms with van der Waals surface area (Å²) in [5.41, 5.74) is 19.6. The number of carbonyl (C=O) groups excluding carboxylic acids is 11. The molecule has 2 saturated heterocycles. The number of carboxylic acid groups (broad SMARTS) is 1. The molecule has 2 fully saturated rings. The summed E-state index contributed by atoms with van der Waals surface area (Å²) in [4.78, 5) is 179. The third-order valence-electron chi connectivity index (χ3n) is 17.7. The number of para-hydroxylation sites is 1. The number of nitrogens with one attached hydrogen (secondary N) is 6. The number of nitrogens with two attached hydrogens (primary N) is 3. The molecular weight excluding hydrogens is 1330 g/mol. The number of rotatable bonds is 28. The number of unbranched alkanes of at least 4 members (excludes halogenated alkanes) is 1. The fraction of sp³-hybridized carbons (Fsp3) is 0.536. The lowest BCUT2D eigenvalue weighted by atomic mass is 9.90. The number of phenols is 1. The van der Waals surface area contributed by atoms with Crippen LogP contribution in [0.5, 0.6) is 5.75 Å². The summed E-state index contributed by atoms with van der Waals surface area (Å²) in [6.07, 6.45) is -3.16. The van der Waals surface area contributed by atoms with E-state index in [1.807, 2.05) is 26.8 Å². The van der Waals surface area contributed by atoms with Gasteiger partial charge < -0.3 is 69.2 Å². The van der Waals surface area contributed by atoms with Crippen LogP contribution in [0.3, 0.4) is 0 Å². The lowest BCUT2D eigenvalue weighted by molar-refractivity contribution is -0.148. The summed E-state index contributed by atoms with van der Waals surface area (Å²) < 4.78 is 0. The van der Waals surface area contributed by atoms with Gasteiger partial charge >= 0.3 is 5.97 Å². The zero-order chi connectivity index (χ0) is 73.0. The minimum Gasteiger partial charge on any atom is -0.508 e. The highest BCUT2D eigenvalue weighted by atomic mass is 33.1. The Hall–Kier alpha value is -8.14. The second kappa shape index (κ2) is 40.9. The van der Waals surface area contributed by atoms with E-state index >= 15 is 19.2 Å². The van der Waals surface area contributed by atoms with E-state index in [1.165, 1.54) is 45.0 Å². The molecule has 0 saturated carbocycles. The van der Waals surface area contributed by atoms with Crippen molar-refractivity contribution in [3.8, 4) is 5.75 Å². The number of primary amides is 2. The number of amides is 7. The second-order valence-electron chi connectivity index (χ2n) is 25.8. The summed E-state index contributed by atoms with van der Waals surface area (Å²) in [7, 11) is 1.92. The van der Waals surface area contributed by atoms with Crippen LogP contribution in [0.4, 0.5) is 0 Å². The number of fused-ring (bicyclic) bond motifs is 1. The molecule has 3 heterocycles. The Balaban J connectivity index is 1.41. The topological polar surface area (TPSA) is 453 Å². The van der Waals surface area contributed by atoms with Gasteiger partial charge in [0.1, 0.15) is 23.6 Å². The quantitative estimate of drug-likeness (QED) is 0.0245. The van der Waals surface area contributed by atoms with Gasteiger partial charge in [-0.05, 0) is 87.9 Å². The summed E-state index contributed by atoms with van der Waals surface area (Å²) in [6, 6.07) is 14.6. The van der Waals surface area contributed by atoms with Crippen LogP contribution in [0.1, 0.15) is 76.0 Å². The van der Waals surface area contributed by atoms with Crippen LogP contribution in [-0.2, 0) is 76.8 Å². The summed E-state index contributed by atoms with van der Waals surface area (Å²) >= 11 is 0. The fourth-order valence-electron chi connectivity index (χ4n) is 12.0. The first kappa shape index (κ1) is 80.8. The van der Waals surface area contributed by atoms with Crippen molar-refractivity contribution in [3.05, 3.63) is 102 Å². The third kappa shape index (κ3) is 27.1. The number of aliphatic hydroxyl groups excluding tert-OH is 2. The molecule has 546 valence electrons. The van der Waals surface area contributed by atoms with Crippen LogP contribution in [0.25, 0.3) is 10.9 Å². The Bertz CT molecular complexity index is 3400. The predicted molar refractivity (Wildman–Crippen MR) is 377 cm³/mol. The SMILES string of the molecule is CC(=O)CN1CCN(CC(N)=O)CCN(CC(=O)N[C@H](Cc2ccccc2)C(=O)C[C@H]2CSSC[C@@H](C(=O)C[C@H](C(=O)O)[C@@H](C)O)NC(=O)[C@H]([C@@H](C)O)CC(=O)[C@H](CCCCN)NC(=O)[C@@H](Cc3c[nH]c4ccccc34)NC(=O)[C@H](Cc3ccc(O)cc3)NC2=O)CCN(CC(N)=O)CC1. The van der Waals surface area contributed by atoms with Gasteiger partial charge in [-0.1, -0.05) is 82.3 Å². The number of aliphatic hydroxyl groups is 2. The number of nitrogens with zero attached hydrogens (tertiary/aromatic N) is 4. The first-order chi connectivity index (χ1) is 47.7. The number of carbonyl (C=O) groups is 12. The van der Waals surface area contributed by atoms with Gasteiger partial charge in [-0.2, -0.15) is 0 Å². The highest BCUT2D eigenvalue weighted by Crippen LogP contribution is 2.29. The molecule has 31 heteroatoms. The maximum absolute atomic E-state index is 15.4. The smallest absolute Gasteiger partial charge is 0.309 e. The number of carboxylic acids is 1. The molecule has 2 aliphatic heterocycles. The summed E-state index contributed by atoms with van der Waals surface area (Å²) in [5.74, 6) is -14.3. The van der Waals surface area contributed by atoms with Crippen LogP contribution >= 0.6 is 21.6 Å². The molecule has 0 aliphatic carbocycles. The highest BCUT2D eigenvalue weighted by molar-refractivity contribution is 8.76. The van der Waals surface area contributed by atoms with Crippen LogP contribution < -0.4 is 43.8 Å². The Morgan fingerprint density at radius 3 is 1.76 bits per heavy atom. The van der Waals surface area contributed by atoms with E-state index in [1.54, 1.807) is 53.6 Å². The van der Waals surface area contributed by atoms with Crippen LogP contribution in [0, 0.1) is 17.8 Å². The average Bonchev–Trinajstić information content (AvgIpc) is 1.62. The van der Waals surface area contributed by atoms with Crippen LogP contribution in [-0.4, -0.2) is 254 Å². The van der Waals surface area contributed by atoms with Gasteiger partial charge in [0.05, 0.1) is 74.3 Å². The van der Waals surface area contributed by atoms with E-state index < -0.39 is 144 Å². The van der Waals surface area contributed by atoms with Crippen molar-refractivity contribution in [3.63, 3.8) is 0 Å². The van der Waals surface area contributed by atoms with Gasteiger partial charge in [0.25, 0.3) is 0 Å². The molecule has 0 radical (unpaired) electrons. The Kier molecular flexibility index (Phi) is 33.1. The number of phenolic OH excluding ortho intramolecular Hbond substituents is 1. The van der Waals surface area contributed by atoms with Gasteiger partial charge in [0, 0.05) is 113 Å². The largest absolute Gasteiger partial charge is 0.508 e. The average molecular weight is 1430 g/mol. The van der Waals surface area contributed by atoms with Gasteiger partial charge in [0.2, 0.25) is 41.4 Å². The monoisotopic (exact) mass is 1430 g/mol. The van der Waals surface area contributed by atoms with Gasteiger partial charge in [-0.15, -0.1) is 0 Å². The van der Waals surface area contributed by atoms with Gasteiger partial charge in [-0.25, -0.2) is 0 Å². The molecule has 16 N–H and O–H groups in total. The number of aromatic hydroxyl groups is 1. The number of aliphatic carboxylic acids is 1. The molecule has 4 aromatic rings. The first-order valence-electron chi connectivity index (χ1n) is 33.6. The number of H-pyrrole nitrogens is 1. The standard InChI is InChI=1S/C69H97N13O16S2/c1-42(83)36-79-21-23-80(37-62(71)90)25-27-82(28-26-81(24-22-79)38-63(72)91)39-64(92)74-55(29-45-11-5-4-6-12-45)59(87)32-48-40-99-100-41-58(61(89)34-52(44(3)85)69(97)98)78-66(94)51(43(2)84)33-60(88)54(15-9-10-20-70)75-68(96)57(31-47-35-73-53-14-8-7-13-50(47)53)77-67(95)56(76-65(48)93)30-46-16-18-49(86)19-17-46/h4-8,11-14,16-19,35,43-44,48,51-52,54-58,73,84-86H,9-10,15,20-34,36-41,70H2,1-3H3,(H2,71,90)(H2,72,91)(H,74,92)(H,75,96)(H,76,93)(H,77,95)(H,78,94)(H,97,98)/t43-,44-,48+,51+,52+,54+,55-,56+,57-,58+/m1/s1. The van der Waals surface area contributed by atoms with Crippen molar-refractivity contribution in [1.29, 1.82) is 0 Å². The van der Waals surface area contributed by atoms with Crippen molar-refractivity contribution >= 4 is 103 Å². The second-order valence-corrected chi connectivity index (χ2v) is 28.4. The number of benzene rings is 3. The van der Waals surface area contributed by atoms with Crippen molar-refractivity contribution in [2.45, 2.75) is 121 Å². The van der Waals surface area contributed by atoms with E-state index in [9.17, 15) is 58.8 Å². The number of Topliss-reactive ketones (excluding diaryl/α,β-unsaturated/α-hetero) is 4. The Labute approximate surface area is 589 Å². The summed E-state index contributed by atoms with van der Waals surface area (Å²) in [6.45, 7) is 6.02. The van der Waals surface area contributed by atoms with Crippen molar-refractivity contribution in [2.75, 3.05) is 96.6 Å². The molecule has 0 spiro atoms. The van der Waals surface area contributed by atoms with Crippen LogP contribution in [0.2, 0.25) is 0 Å². The maximum Gasteiger partial charge on any atom is 0.309 e. The number of hydrogen-bond donors (Lipinski definition) is 13. The highest BCUT2D eigenvalue weighted by Gasteiger charge is 2.38. The molecule has 2 aliphatic rings. The number of aromatic nitrogens is 1. The van der Waals surface area contributed by atoms with E-state index in [-0.39, 0.29) is 108 Å². The van der Waals surface area contributed by atoms with E-state index in [0.717, 1.165) is 21.6 Å². The number of hydrogen-bond acceptors (Lipinski definition) is 22. The van der Waals surface area contributed by atoms with E-state index in [2.05, 4.69) is 31.6 Å². The predicted octanol–water partition coefficient (Wildman–Crippen LogP) is -0.797. The van der Waals surface area contributed by atoms with Crippen molar-refractivity contribution < 1.29 is 78.0 Å². The third-order valence-corrected chi connectivity index (χ3v) is 20.2. The van der Waals surface area contributed by atoms with E-state index in [0.29, 0.717) is 66.6 Å². The molecule has 1 aromatic heterocycles. The molecule has 29 nitrogen and oxygen atoms in total. The molecule has 3 aromatic carbocycles. The molecule has 7 amide bonds. The Morgan fingerprint density at radius 1 is 0.640 bits per heavy atom. The molecule has 0 unspecified atom stereocenters. The molecule has 0 bridgehead atoms. The minimum atomic E-state index is -1.62. The van der Waals surface area contributed by atoms with Crippen molar-refractivity contribution in [2.24, 2.45) is 35.0 Å². The van der Waals surface area contributed by atoms with Gasteiger partial charge in [0.15, 0.2) is 17.3 Å². The normalized spacial score (nSPS) is 22.0. The van der Waals surface area contributed by atoms with Crippen LogP contribution in [0.15, 0.2) is 85.1 Å². The number of ketones is 4. The maximum atomic E-state index is 15.4. The summed E-state index contributed by atoms with van der Waals surface area (Å²) in [5, 5.41) is 56.7. The zero-order valence-electron chi connectivity index (χ0n) is 56.9. The minimum absolute atomic E-state index is 0.00417.